The molecule has 0 fully saturated rings. The van der Waals surface area contributed by atoms with Crippen LogP contribution in [0.25, 0.3) is 0 Å². The van der Waals surface area contributed by atoms with Crippen LogP contribution in [0, 0.1) is 0 Å². The lowest BCUT2D eigenvalue weighted by Gasteiger charge is -2.26. The van der Waals surface area contributed by atoms with Crippen molar-refractivity contribution in [2.75, 3.05) is 12.3 Å². The monoisotopic (exact) mass is 269 g/mol. The summed E-state index contributed by atoms with van der Waals surface area (Å²) in [6.07, 6.45) is 4.64. The summed E-state index contributed by atoms with van der Waals surface area (Å²) < 4.78 is 0. The fraction of sp³-hybridized carbons (Fsp3) is 0.615. The molecule has 0 aromatic carbocycles. The molecule has 0 N–H and O–H groups in total. The fourth-order valence-corrected chi connectivity index (χ4v) is 3.80. The average Bonchev–Trinajstić information content (AvgIpc) is 2.81. The first-order valence-electron chi connectivity index (χ1n) is 6.28. The maximum Gasteiger partial charge on any atom is 0.281 e. The van der Waals surface area contributed by atoms with Crippen molar-refractivity contribution in [3.05, 3.63) is 21.9 Å². The molecule has 17 heavy (non-hydrogen) atoms. The molecule has 4 heteroatoms. The molecular weight excluding hydrogens is 250 g/mol. The highest BCUT2D eigenvalue weighted by molar-refractivity contribution is 8.13. The van der Waals surface area contributed by atoms with Gasteiger partial charge in [-0.25, -0.2) is 0 Å². The molecule has 2 rings (SSSR count). The number of rotatable bonds is 4. The van der Waals surface area contributed by atoms with Crippen LogP contribution < -0.4 is 0 Å². The van der Waals surface area contributed by atoms with E-state index in [-0.39, 0.29) is 5.24 Å². The number of thiophene rings is 1. The molecule has 1 aliphatic rings. The van der Waals surface area contributed by atoms with Gasteiger partial charge in [0.05, 0.1) is 6.54 Å². The summed E-state index contributed by atoms with van der Waals surface area (Å²) >= 11 is 3.27. The highest BCUT2D eigenvalue weighted by Crippen LogP contribution is 2.26. The second kappa shape index (κ2) is 6.45. The van der Waals surface area contributed by atoms with Crippen molar-refractivity contribution in [3.8, 4) is 0 Å². The van der Waals surface area contributed by atoms with Gasteiger partial charge in [-0.05, 0) is 29.9 Å². The maximum atomic E-state index is 12.0. The van der Waals surface area contributed by atoms with E-state index in [2.05, 4.69) is 18.4 Å². The van der Waals surface area contributed by atoms with Gasteiger partial charge < -0.3 is 4.90 Å². The molecule has 2 heterocycles. The van der Waals surface area contributed by atoms with Crippen LogP contribution in [-0.2, 0) is 13.0 Å². The number of nitrogens with zero attached hydrogens (tertiary/aromatic N) is 1. The highest BCUT2D eigenvalue weighted by Gasteiger charge is 2.21. The van der Waals surface area contributed by atoms with Gasteiger partial charge >= 0.3 is 0 Å². The van der Waals surface area contributed by atoms with Crippen molar-refractivity contribution in [1.29, 1.82) is 0 Å². The third-order valence-corrected chi connectivity index (χ3v) is 5.00. The van der Waals surface area contributed by atoms with Gasteiger partial charge in [0, 0.05) is 17.2 Å². The Hall–Kier alpha value is -0.480. The van der Waals surface area contributed by atoms with Crippen molar-refractivity contribution >= 4 is 28.3 Å². The molecule has 1 aromatic heterocycles. The molecule has 0 aliphatic carbocycles. The van der Waals surface area contributed by atoms with E-state index in [1.165, 1.54) is 35.0 Å². The predicted octanol–water partition coefficient (Wildman–Crippen LogP) is 4.15. The fourth-order valence-electron chi connectivity index (χ4n) is 1.99. The van der Waals surface area contributed by atoms with Crippen LogP contribution in [0.15, 0.2) is 11.4 Å². The zero-order chi connectivity index (χ0) is 12.1. The van der Waals surface area contributed by atoms with E-state index < -0.39 is 0 Å². The first-order chi connectivity index (χ1) is 8.31. The molecule has 0 radical (unpaired) electrons. The Bertz CT molecular complexity index is 375. The number of carbonyl (C=O) groups is 1. The molecule has 0 spiro atoms. The van der Waals surface area contributed by atoms with Gasteiger partial charge in [-0.3, -0.25) is 4.79 Å². The van der Waals surface area contributed by atoms with Gasteiger partial charge in [0.15, 0.2) is 0 Å². The molecule has 0 saturated heterocycles. The average molecular weight is 269 g/mol. The normalized spacial score (nSPS) is 14.8. The van der Waals surface area contributed by atoms with Gasteiger partial charge in [0.2, 0.25) is 0 Å². The van der Waals surface area contributed by atoms with E-state index in [4.69, 9.17) is 0 Å². The minimum absolute atomic E-state index is 0.264. The Kier molecular flexibility index (Phi) is 4.92. The van der Waals surface area contributed by atoms with Gasteiger partial charge in [-0.2, -0.15) is 0 Å². The Morgan fingerprint density at radius 1 is 1.53 bits per heavy atom. The Labute approximate surface area is 111 Å². The van der Waals surface area contributed by atoms with Gasteiger partial charge in [-0.15, -0.1) is 11.3 Å². The standard InChI is InChI=1S/C13H19NOS2/c1-2-3-4-8-17-13(15)14-7-5-11-6-9-16-12(11)10-14/h6,9H,2-5,7-8,10H2,1H3. The molecule has 0 bridgehead atoms. The Balaban J connectivity index is 1.78. The molecule has 1 aliphatic heterocycles. The molecule has 0 saturated carbocycles. The highest BCUT2D eigenvalue weighted by atomic mass is 32.2. The predicted molar refractivity (Wildman–Crippen MR) is 75.8 cm³/mol. The van der Waals surface area contributed by atoms with E-state index in [1.807, 2.05) is 4.90 Å². The molecular formula is C13H19NOS2. The number of fused-ring (bicyclic) bond motifs is 1. The van der Waals surface area contributed by atoms with E-state index in [0.717, 1.165) is 31.7 Å². The lowest BCUT2D eigenvalue weighted by molar-refractivity contribution is 0.219. The zero-order valence-electron chi connectivity index (χ0n) is 10.3. The lowest BCUT2D eigenvalue weighted by atomic mass is 10.1. The number of carbonyl (C=O) groups excluding carboxylic acids is 1. The largest absolute Gasteiger partial charge is 0.328 e. The number of amides is 1. The van der Waals surface area contributed by atoms with Crippen molar-refractivity contribution in [3.63, 3.8) is 0 Å². The van der Waals surface area contributed by atoms with Crippen LogP contribution in [-0.4, -0.2) is 22.4 Å². The van der Waals surface area contributed by atoms with Gasteiger partial charge in [-0.1, -0.05) is 31.5 Å². The smallest absolute Gasteiger partial charge is 0.281 e. The summed E-state index contributed by atoms with van der Waals surface area (Å²) in [6, 6.07) is 2.19. The van der Waals surface area contributed by atoms with Crippen LogP contribution in [0.2, 0.25) is 0 Å². The van der Waals surface area contributed by atoms with Crippen LogP contribution in [0.3, 0.4) is 0 Å². The molecule has 1 aromatic rings. The maximum absolute atomic E-state index is 12.0. The lowest BCUT2D eigenvalue weighted by Crippen LogP contribution is -2.32. The Morgan fingerprint density at radius 2 is 2.41 bits per heavy atom. The quantitative estimate of drug-likeness (QED) is 0.765. The molecule has 1 amide bonds. The summed E-state index contributed by atoms with van der Waals surface area (Å²) in [6.45, 7) is 3.91. The third kappa shape index (κ3) is 3.49. The molecule has 0 unspecified atom stereocenters. The summed E-state index contributed by atoms with van der Waals surface area (Å²) in [4.78, 5) is 15.4. The molecule has 2 nitrogen and oxygen atoms in total. The van der Waals surface area contributed by atoms with E-state index >= 15 is 0 Å². The number of hydrogen-bond acceptors (Lipinski definition) is 3. The van der Waals surface area contributed by atoms with Crippen molar-refractivity contribution in [1.82, 2.24) is 4.90 Å². The summed E-state index contributed by atoms with van der Waals surface area (Å²) in [5, 5.41) is 2.40. The summed E-state index contributed by atoms with van der Waals surface area (Å²) in [5.74, 6) is 0.973. The number of unbranched alkanes of at least 4 members (excludes halogenated alkanes) is 2. The van der Waals surface area contributed by atoms with Crippen molar-refractivity contribution in [2.24, 2.45) is 0 Å². The van der Waals surface area contributed by atoms with E-state index in [0.29, 0.717) is 0 Å². The van der Waals surface area contributed by atoms with Crippen LogP contribution in [0.1, 0.15) is 36.6 Å². The van der Waals surface area contributed by atoms with E-state index in [9.17, 15) is 4.79 Å². The van der Waals surface area contributed by atoms with E-state index in [1.54, 1.807) is 11.3 Å². The van der Waals surface area contributed by atoms with Crippen molar-refractivity contribution < 1.29 is 4.79 Å². The first-order valence-corrected chi connectivity index (χ1v) is 8.14. The summed E-state index contributed by atoms with van der Waals surface area (Å²) in [5.41, 5.74) is 1.44. The second-order valence-electron chi connectivity index (χ2n) is 4.36. The number of thioether (sulfide) groups is 1. The topological polar surface area (TPSA) is 20.3 Å². The number of hydrogen-bond donors (Lipinski definition) is 0. The van der Waals surface area contributed by atoms with Crippen molar-refractivity contribution in [2.45, 2.75) is 39.2 Å². The summed E-state index contributed by atoms with van der Waals surface area (Å²) in [7, 11) is 0. The third-order valence-electron chi connectivity index (χ3n) is 3.05. The van der Waals surface area contributed by atoms with Gasteiger partial charge in [0.25, 0.3) is 5.24 Å². The minimum atomic E-state index is 0.264. The van der Waals surface area contributed by atoms with Crippen LogP contribution >= 0.6 is 23.1 Å². The first kappa shape index (κ1) is 13.0. The second-order valence-corrected chi connectivity index (χ2v) is 6.41. The molecule has 0 atom stereocenters. The van der Waals surface area contributed by atoms with Crippen LogP contribution in [0.5, 0.6) is 0 Å². The van der Waals surface area contributed by atoms with Gasteiger partial charge in [0.1, 0.15) is 0 Å². The zero-order valence-corrected chi connectivity index (χ0v) is 11.9. The molecule has 94 valence electrons. The Morgan fingerprint density at radius 3 is 3.24 bits per heavy atom. The van der Waals surface area contributed by atoms with Crippen LogP contribution in [0.4, 0.5) is 4.79 Å². The SMILES string of the molecule is CCCCCSC(=O)N1CCc2ccsc2C1. The minimum Gasteiger partial charge on any atom is -0.328 e.